The van der Waals surface area contributed by atoms with E-state index >= 15 is 0 Å². The van der Waals surface area contributed by atoms with Gasteiger partial charge in [0.1, 0.15) is 11.6 Å². The van der Waals surface area contributed by atoms with Crippen LogP contribution in [0, 0.1) is 5.82 Å². The second kappa shape index (κ2) is 5.81. The SMILES string of the molecule is COc1ccc(C2=NC(=Cc3ccc(F)cc3)C(=O)O2)cc1. The highest BCUT2D eigenvalue weighted by molar-refractivity contribution is 6.12. The summed E-state index contributed by atoms with van der Waals surface area (Å²) in [5.41, 5.74) is 1.53. The van der Waals surface area contributed by atoms with Crippen LogP contribution >= 0.6 is 0 Å². The first-order valence-corrected chi connectivity index (χ1v) is 6.58. The second-order valence-corrected chi connectivity index (χ2v) is 4.62. The van der Waals surface area contributed by atoms with E-state index < -0.39 is 5.97 Å². The fourth-order valence-electron chi connectivity index (χ4n) is 1.98. The maximum absolute atomic E-state index is 12.9. The molecule has 0 bridgehead atoms. The number of benzene rings is 2. The average molecular weight is 297 g/mol. The van der Waals surface area contributed by atoms with Gasteiger partial charge in [-0.2, -0.15) is 0 Å². The minimum absolute atomic E-state index is 0.178. The number of esters is 1. The van der Waals surface area contributed by atoms with Gasteiger partial charge in [0.15, 0.2) is 5.70 Å². The van der Waals surface area contributed by atoms with Gasteiger partial charge in [0.25, 0.3) is 0 Å². The summed E-state index contributed by atoms with van der Waals surface area (Å²) in [6.45, 7) is 0. The Kier molecular flexibility index (Phi) is 3.70. The zero-order valence-corrected chi connectivity index (χ0v) is 11.7. The number of methoxy groups -OCH3 is 1. The first-order valence-electron chi connectivity index (χ1n) is 6.58. The van der Waals surface area contributed by atoms with Gasteiger partial charge >= 0.3 is 5.97 Å². The molecule has 0 atom stereocenters. The summed E-state index contributed by atoms with van der Waals surface area (Å²) in [5, 5.41) is 0. The zero-order valence-electron chi connectivity index (χ0n) is 11.7. The normalized spacial score (nSPS) is 15.6. The smallest absolute Gasteiger partial charge is 0.363 e. The van der Waals surface area contributed by atoms with E-state index in [0.29, 0.717) is 16.9 Å². The van der Waals surface area contributed by atoms with Crippen LogP contribution in [0.25, 0.3) is 6.08 Å². The topological polar surface area (TPSA) is 47.9 Å². The lowest BCUT2D eigenvalue weighted by Gasteiger charge is -2.01. The highest BCUT2D eigenvalue weighted by Crippen LogP contribution is 2.20. The summed E-state index contributed by atoms with van der Waals surface area (Å²) in [5.74, 6) is 0.0745. The molecular weight excluding hydrogens is 285 g/mol. The van der Waals surface area contributed by atoms with Gasteiger partial charge in [-0.15, -0.1) is 0 Å². The molecule has 5 heteroatoms. The molecule has 1 aliphatic heterocycles. The molecule has 1 aliphatic rings. The van der Waals surface area contributed by atoms with Crippen molar-refractivity contribution >= 4 is 17.9 Å². The number of hydrogen-bond acceptors (Lipinski definition) is 4. The standard InChI is InChI=1S/C17H12FNO3/c1-21-14-8-4-12(5-9-14)16-19-15(17(20)22-16)10-11-2-6-13(18)7-3-11/h2-10H,1H3. The molecule has 2 aromatic rings. The molecule has 22 heavy (non-hydrogen) atoms. The summed E-state index contributed by atoms with van der Waals surface area (Å²) in [4.78, 5) is 16.0. The Balaban J connectivity index is 1.88. The number of aliphatic imine (C=N–C) groups is 1. The number of nitrogens with zero attached hydrogens (tertiary/aromatic N) is 1. The van der Waals surface area contributed by atoms with Crippen molar-refractivity contribution in [3.63, 3.8) is 0 Å². The number of halogens is 1. The van der Waals surface area contributed by atoms with E-state index in [1.807, 2.05) is 0 Å². The first-order chi connectivity index (χ1) is 10.7. The summed E-state index contributed by atoms with van der Waals surface area (Å²) in [6.07, 6.45) is 1.55. The van der Waals surface area contributed by atoms with Gasteiger partial charge in [-0.1, -0.05) is 12.1 Å². The van der Waals surface area contributed by atoms with E-state index in [-0.39, 0.29) is 17.4 Å². The molecule has 4 nitrogen and oxygen atoms in total. The molecule has 0 radical (unpaired) electrons. The van der Waals surface area contributed by atoms with Crippen LogP contribution in [-0.2, 0) is 9.53 Å². The summed E-state index contributed by atoms with van der Waals surface area (Å²) in [6, 6.07) is 12.8. The molecule has 0 N–H and O–H groups in total. The van der Waals surface area contributed by atoms with Crippen molar-refractivity contribution in [1.82, 2.24) is 0 Å². The molecular formula is C17H12FNO3. The number of rotatable bonds is 3. The molecule has 0 amide bonds. The molecule has 3 rings (SSSR count). The summed E-state index contributed by atoms with van der Waals surface area (Å²) in [7, 11) is 1.58. The maximum atomic E-state index is 12.9. The highest BCUT2D eigenvalue weighted by atomic mass is 19.1. The average Bonchev–Trinajstić information content (AvgIpc) is 2.91. The highest BCUT2D eigenvalue weighted by Gasteiger charge is 2.24. The predicted octanol–water partition coefficient (Wildman–Crippen LogP) is 3.18. The van der Waals surface area contributed by atoms with Crippen LogP contribution in [0.5, 0.6) is 5.75 Å². The largest absolute Gasteiger partial charge is 0.497 e. The molecule has 110 valence electrons. The van der Waals surface area contributed by atoms with Gasteiger partial charge in [0.2, 0.25) is 5.90 Å². The Morgan fingerprint density at radius 1 is 1.09 bits per heavy atom. The Morgan fingerprint density at radius 3 is 2.41 bits per heavy atom. The molecule has 0 aromatic heterocycles. The second-order valence-electron chi connectivity index (χ2n) is 4.62. The number of hydrogen-bond donors (Lipinski definition) is 0. The van der Waals surface area contributed by atoms with Crippen molar-refractivity contribution in [2.24, 2.45) is 4.99 Å². The van der Waals surface area contributed by atoms with E-state index in [1.54, 1.807) is 49.6 Å². The number of carbonyl (C=O) groups is 1. The van der Waals surface area contributed by atoms with Crippen LogP contribution in [0.2, 0.25) is 0 Å². The van der Waals surface area contributed by atoms with Crippen molar-refractivity contribution in [3.05, 3.63) is 71.2 Å². The fourth-order valence-corrected chi connectivity index (χ4v) is 1.98. The van der Waals surface area contributed by atoms with Crippen molar-refractivity contribution in [2.45, 2.75) is 0 Å². The van der Waals surface area contributed by atoms with Crippen molar-refractivity contribution in [1.29, 1.82) is 0 Å². The Morgan fingerprint density at radius 2 is 1.77 bits per heavy atom. The van der Waals surface area contributed by atoms with Gasteiger partial charge in [-0.05, 0) is 48.0 Å². The minimum atomic E-state index is -0.532. The number of carbonyl (C=O) groups excluding carboxylic acids is 1. The molecule has 0 saturated heterocycles. The molecule has 0 spiro atoms. The number of cyclic esters (lactones) is 1. The predicted molar refractivity (Wildman–Crippen MR) is 80.0 cm³/mol. The third-order valence-electron chi connectivity index (χ3n) is 3.13. The summed E-state index contributed by atoms with van der Waals surface area (Å²) >= 11 is 0. The third kappa shape index (κ3) is 2.88. The summed E-state index contributed by atoms with van der Waals surface area (Å²) < 4.78 is 23.1. The van der Waals surface area contributed by atoms with Crippen LogP contribution in [0.4, 0.5) is 4.39 Å². The van der Waals surface area contributed by atoms with Crippen LogP contribution in [0.15, 0.2) is 59.2 Å². The number of ether oxygens (including phenoxy) is 2. The molecule has 0 unspecified atom stereocenters. The van der Waals surface area contributed by atoms with Gasteiger partial charge in [-0.3, -0.25) is 0 Å². The molecule has 0 saturated carbocycles. The molecule has 1 heterocycles. The lowest BCUT2D eigenvalue weighted by molar-refractivity contribution is -0.129. The maximum Gasteiger partial charge on any atom is 0.363 e. The van der Waals surface area contributed by atoms with Crippen LogP contribution < -0.4 is 4.74 Å². The van der Waals surface area contributed by atoms with Crippen LogP contribution in [0.3, 0.4) is 0 Å². The Labute approximate surface area is 126 Å². The van der Waals surface area contributed by atoms with Crippen molar-refractivity contribution in [2.75, 3.05) is 7.11 Å². The third-order valence-corrected chi connectivity index (χ3v) is 3.13. The van der Waals surface area contributed by atoms with Gasteiger partial charge in [0.05, 0.1) is 7.11 Å². The van der Waals surface area contributed by atoms with E-state index in [1.165, 1.54) is 12.1 Å². The van der Waals surface area contributed by atoms with E-state index in [2.05, 4.69) is 4.99 Å². The van der Waals surface area contributed by atoms with E-state index in [9.17, 15) is 9.18 Å². The Bertz CT molecular complexity index is 761. The molecule has 0 fully saturated rings. The molecule has 2 aromatic carbocycles. The Hall–Kier alpha value is -2.95. The minimum Gasteiger partial charge on any atom is -0.497 e. The van der Waals surface area contributed by atoms with Gasteiger partial charge in [0, 0.05) is 5.56 Å². The fraction of sp³-hybridized carbons (Fsp3) is 0.0588. The molecule has 0 aliphatic carbocycles. The van der Waals surface area contributed by atoms with E-state index in [4.69, 9.17) is 9.47 Å². The van der Waals surface area contributed by atoms with E-state index in [0.717, 1.165) is 0 Å². The van der Waals surface area contributed by atoms with Crippen LogP contribution in [0.1, 0.15) is 11.1 Å². The lowest BCUT2D eigenvalue weighted by Crippen LogP contribution is -2.05. The van der Waals surface area contributed by atoms with Gasteiger partial charge < -0.3 is 9.47 Å². The zero-order chi connectivity index (χ0) is 15.5. The first kappa shape index (κ1) is 14.0. The van der Waals surface area contributed by atoms with Crippen LogP contribution in [-0.4, -0.2) is 19.0 Å². The van der Waals surface area contributed by atoms with Crippen molar-refractivity contribution < 1.29 is 18.7 Å². The monoisotopic (exact) mass is 297 g/mol. The van der Waals surface area contributed by atoms with Crippen molar-refractivity contribution in [3.8, 4) is 5.75 Å². The lowest BCUT2D eigenvalue weighted by atomic mass is 10.2. The quantitative estimate of drug-likeness (QED) is 0.646. The van der Waals surface area contributed by atoms with Gasteiger partial charge in [-0.25, -0.2) is 14.2 Å².